The summed E-state index contributed by atoms with van der Waals surface area (Å²) in [6.45, 7) is 3.81. The molecule has 0 radical (unpaired) electrons. The van der Waals surface area contributed by atoms with Gasteiger partial charge in [-0.15, -0.1) is 0 Å². The van der Waals surface area contributed by atoms with Crippen LogP contribution in [0.4, 0.5) is 10.1 Å². The molecule has 2 rings (SSSR count). The molecule has 2 aromatic rings. The van der Waals surface area contributed by atoms with Crippen molar-refractivity contribution in [3.05, 3.63) is 65.5 Å². The predicted octanol–water partition coefficient (Wildman–Crippen LogP) is 3.34. The Labute approximate surface area is 124 Å². The first-order valence-electron chi connectivity index (χ1n) is 6.89. The Bertz CT molecular complexity index is 657. The number of hydrogen-bond donors (Lipinski definition) is 2. The van der Waals surface area contributed by atoms with Crippen LogP contribution in [0.3, 0.4) is 0 Å². The summed E-state index contributed by atoms with van der Waals surface area (Å²) < 4.78 is 13.5. The molecule has 3 N–H and O–H groups in total. The Morgan fingerprint density at radius 3 is 2.52 bits per heavy atom. The number of halogens is 1. The van der Waals surface area contributed by atoms with Crippen LogP contribution in [0.5, 0.6) is 0 Å². The molecule has 4 heteroatoms. The molecule has 21 heavy (non-hydrogen) atoms. The minimum atomic E-state index is -1.13. The van der Waals surface area contributed by atoms with Gasteiger partial charge in [0.15, 0.2) is 0 Å². The third kappa shape index (κ3) is 3.05. The monoisotopic (exact) mass is 286 g/mol. The van der Waals surface area contributed by atoms with E-state index in [1.807, 2.05) is 38.1 Å². The summed E-state index contributed by atoms with van der Waals surface area (Å²) in [6.07, 6.45) is 0.416. The third-order valence-corrected chi connectivity index (χ3v) is 3.64. The number of amides is 1. The first kappa shape index (κ1) is 15.0. The third-order valence-electron chi connectivity index (χ3n) is 3.64. The van der Waals surface area contributed by atoms with Crippen molar-refractivity contribution >= 4 is 11.6 Å². The number of nitrogens with two attached hydrogens (primary N) is 1. The predicted molar refractivity (Wildman–Crippen MR) is 82.4 cm³/mol. The Balaban J connectivity index is 2.49. The molecule has 0 saturated heterocycles. The van der Waals surface area contributed by atoms with Crippen LogP contribution in [0, 0.1) is 12.7 Å². The number of anilines is 1. The van der Waals surface area contributed by atoms with Gasteiger partial charge in [0.25, 0.3) is 0 Å². The van der Waals surface area contributed by atoms with Crippen LogP contribution in [-0.2, 0) is 10.3 Å². The first-order valence-corrected chi connectivity index (χ1v) is 6.89. The van der Waals surface area contributed by atoms with Gasteiger partial charge in [0.05, 0.1) is 0 Å². The standard InChI is InChI=1S/C17H19FN2O/c1-3-17(16(19)21,13-7-5-8-14(18)11-13)20-15-9-4-6-12(2)10-15/h4-11,20H,3H2,1-2H3,(H2,19,21). The van der Waals surface area contributed by atoms with Crippen molar-refractivity contribution < 1.29 is 9.18 Å². The fraction of sp³-hybridized carbons (Fsp3) is 0.235. The highest BCUT2D eigenvalue weighted by Crippen LogP contribution is 2.30. The molecule has 2 aromatic carbocycles. The highest BCUT2D eigenvalue weighted by molar-refractivity contribution is 5.89. The van der Waals surface area contributed by atoms with Gasteiger partial charge in [-0.1, -0.05) is 31.2 Å². The van der Waals surface area contributed by atoms with E-state index >= 15 is 0 Å². The smallest absolute Gasteiger partial charge is 0.247 e. The zero-order valence-corrected chi connectivity index (χ0v) is 12.2. The number of nitrogens with one attached hydrogen (secondary N) is 1. The fourth-order valence-electron chi connectivity index (χ4n) is 2.47. The van der Waals surface area contributed by atoms with Gasteiger partial charge in [-0.25, -0.2) is 4.39 Å². The normalized spacial score (nSPS) is 13.5. The Hall–Kier alpha value is -2.36. The van der Waals surface area contributed by atoms with E-state index in [0.29, 0.717) is 12.0 Å². The van der Waals surface area contributed by atoms with Crippen LogP contribution < -0.4 is 11.1 Å². The van der Waals surface area contributed by atoms with Crippen LogP contribution in [-0.4, -0.2) is 5.91 Å². The quantitative estimate of drug-likeness (QED) is 0.885. The number of rotatable bonds is 5. The maximum atomic E-state index is 13.5. The van der Waals surface area contributed by atoms with E-state index in [0.717, 1.165) is 11.3 Å². The SMILES string of the molecule is CCC(Nc1cccc(C)c1)(C(N)=O)c1cccc(F)c1. The Kier molecular flexibility index (Phi) is 4.26. The summed E-state index contributed by atoms with van der Waals surface area (Å²) >= 11 is 0. The van der Waals surface area contributed by atoms with Crippen molar-refractivity contribution in [3.8, 4) is 0 Å². The van der Waals surface area contributed by atoms with Crippen LogP contribution in [0.25, 0.3) is 0 Å². The molecule has 0 aliphatic carbocycles. The summed E-state index contributed by atoms with van der Waals surface area (Å²) in [5.41, 5.74) is 6.87. The van der Waals surface area contributed by atoms with Gasteiger partial charge in [0.1, 0.15) is 11.4 Å². The Morgan fingerprint density at radius 2 is 1.95 bits per heavy atom. The first-order chi connectivity index (χ1) is 9.98. The molecule has 110 valence electrons. The highest BCUT2D eigenvalue weighted by atomic mass is 19.1. The topological polar surface area (TPSA) is 55.1 Å². The van der Waals surface area contributed by atoms with Crippen LogP contribution in [0.15, 0.2) is 48.5 Å². The average molecular weight is 286 g/mol. The summed E-state index contributed by atoms with van der Waals surface area (Å²) in [4.78, 5) is 12.1. The van der Waals surface area contributed by atoms with Gasteiger partial charge in [0, 0.05) is 5.69 Å². The van der Waals surface area contributed by atoms with Gasteiger partial charge in [0.2, 0.25) is 5.91 Å². The van der Waals surface area contributed by atoms with Crippen molar-refractivity contribution in [2.75, 3.05) is 5.32 Å². The second kappa shape index (κ2) is 5.95. The van der Waals surface area contributed by atoms with E-state index in [1.54, 1.807) is 12.1 Å². The van der Waals surface area contributed by atoms with Crippen LogP contribution >= 0.6 is 0 Å². The Morgan fingerprint density at radius 1 is 1.24 bits per heavy atom. The molecule has 0 heterocycles. The van der Waals surface area contributed by atoms with E-state index in [-0.39, 0.29) is 0 Å². The van der Waals surface area contributed by atoms with E-state index in [4.69, 9.17) is 5.73 Å². The highest BCUT2D eigenvalue weighted by Gasteiger charge is 2.37. The van der Waals surface area contributed by atoms with Gasteiger partial charge in [-0.05, 0) is 48.7 Å². The van der Waals surface area contributed by atoms with E-state index in [2.05, 4.69) is 5.32 Å². The maximum Gasteiger partial charge on any atom is 0.247 e. The van der Waals surface area contributed by atoms with Crippen molar-refractivity contribution in [1.29, 1.82) is 0 Å². The summed E-state index contributed by atoms with van der Waals surface area (Å²) in [6, 6.07) is 13.6. The zero-order valence-electron chi connectivity index (χ0n) is 12.2. The van der Waals surface area contributed by atoms with Crippen molar-refractivity contribution in [2.45, 2.75) is 25.8 Å². The molecule has 0 aliphatic heterocycles. The van der Waals surface area contributed by atoms with E-state index in [1.165, 1.54) is 12.1 Å². The lowest BCUT2D eigenvalue weighted by Gasteiger charge is -2.32. The van der Waals surface area contributed by atoms with Gasteiger partial charge >= 0.3 is 0 Å². The molecule has 0 aliphatic rings. The number of carbonyl (C=O) groups excluding carboxylic acids is 1. The molecule has 0 bridgehead atoms. The molecule has 1 atom stereocenters. The minimum absolute atomic E-state index is 0.391. The van der Waals surface area contributed by atoms with Gasteiger partial charge < -0.3 is 11.1 Å². The van der Waals surface area contributed by atoms with E-state index in [9.17, 15) is 9.18 Å². The summed E-state index contributed by atoms with van der Waals surface area (Å²) in [5, 5.41) is 3.18. The summed E-state index contributed by atoms with van der Waals surface area (Å²) in [7, 11) is 0. The zero-order chi connectivity index (χ0) is 15.5. The van der Waals surface area contributed by atoms with Crippen molar-refractivity contribution in [3.63, 3.8) is 0 Å². The largest absolute Gasteiger partial charge is 0.368 e. The van der Waals surface area contributed by atoms with Gasteiger partial charge in [-0.2, -0.15) is 0 Å². The molecular weight excluding hydrogens is 267 g/mol. The van der Waals surface area contributed by atoms with E-state index < -0.39 is 17.3 Å². The number of aryl methyl sites for hydroxylation is 1. The lowest BCUT2D eigenvalue weighted by atomic mass is 9.86. The fourth-order valence-corrected chi connectivity index (χ4v) is 2.47. The second-order valence-corrected chi connectivity index (χ2v) is 5.13. The molecule has 0 saturated carbocycles. The maximum absolute atomic E-state index is 13.5. The lowest BCUT2D eigenvalue weighted by molar-refractivity contribution is -0.122. The average Bonchev–Trinajstić information content (AvgIpc) is 2.44. The van der Waals surface area contributed by atoms with Crippen molar-refractivity contribution in [2.24, 2.45) is 5.73 Å². The lowest BCUT2D eigenvalue weighted by Crippen LogP contribution is -2.47. The number of hydrogen-bond acceptors (Lipinski definition) is 2. The molecule has 0 aromatic heterocycles. The van der Waals surface area contributed by atoms with Gasteiger partial charge in [-0.3, -0.25) is 4.79 Å². The second-order valence-electron chi connectivity index (χ2n) is 5.13. The van der Waals surface area contributed by atoms with Crippen LogP contribution in [0.1, 0.15) is 24.5 Å². The molecule has 1 amide bonds. The molecular formula is C17H19FN2O. The molecule has 3 nitrogen and oxygen atoms in total. The molecule has 0 spiro atoms. The minimum Gasteiger partial charge on any atom is -0.368 e. The number of carbonyl (C=O) groups is 1. The van der Waals surface area contributed by atoms with Crippen LogP contribution in [0.2, 0.25) is 0 Å². The molecule has 1 unspecified atom stereocenters. The number of benzene rings is 2. The molecule has 0 fully saturated rings. The summed E-state index contributed by atoms with van der Waals surface area (Å²) in [5.74, 6) is -0.922. The van der Waals surface area contributed by atoms with Crippen molar-refractivity contribution in [1.82, 2.24) is 0 Å². The number of primary amides is 1.